The second kappa shape index (κ2) is 68.3. The number of esters is 4. The Morgan fingerprint density at radius 1 is 0.333 bits per heavy atom. The zero-order valence-electron chi connectivity index (χ0n) is 62.2. The number of allylic oxidation sites excluding steroid dienone is 4. The van der Waals surface area contributed by atoms with E-state index in [1.165, 1.54) is 180 Å². The van der Waals surface area contributed by atoms with E-state index in [9.17, 15) is 43.2 Å². The third-order valence-corrected chi connectivity index (χ3v) is 20.0. The Hall–Kier alpha value is -2.46. The van der Waals surface area contributed by atoms with Gasteiger partial charge in [-0.05, 0) is 63.2 Å². The Labute approximate surface area is 586 Å². The van der Waals surface area contributed by atoms with Gasteiger partial charge in [0.15, 0.2) is 12.2 Å². The van der Waals surface area contributed by atoms with Crippen LogP contribution in [0.25, 0.3) is 0 Å². The molecule has 96 heavy (non-hydrogen) atoms. The lowest BCUT2D eigenvalue weighted by molar-refractivity contribution is -0.161. The number of aliphatic hydroxyl groups is 1. The number of hydrogen-bond acceptors (Lipinski definition) is 15. The SMILES string of the molecule is CCCCCC/C=C\C=C/CCCCCCCC(=O)O[C@H](COC(=O)CCCCCCCCCCCCC(C)CC)COP(=O)(O)OC[C@@H](O)COP(=O)(O)OC[C@@H](COC(=O)CCCCCCCCCCCCCCC)OC(=O)CCCCCCCCCCCCC(C)CC. The maximum atomic E-state index is 13.1. The third-order valence-electron chi connectivity index (χ3n) is 18.1. The van der Waals surface area contributed by atoms with Gasteiger partial charge in [-0.2, -0.15) is 0 Å². The first kappa shape index (κ1) is 93.5. The maximum absolute atomic E-state index is 13.1. The predicted molar refractivity (Wildman–Crippen MR) is 391 cm³/mol. The van der Waals surface area contributed by atoms with Gasteiger partial charge in [-0.3, -0.25) is 37.3 Å². The van der Waals surface area contributed by atoms with Crippen LogP contribution in [0.1, 0.15) is 375 Å². The first-order chi connectivity index (χ1) is 46.4. The van der Waals surface area contributed by atoms with E-state index < -0.39 is 97.5 Å². The molecule has 19 heteroatoms. The fourth-order valence-electron chi connectivity index (χ4n) is 11.2. The summed E-state index contributed by atoms with van der Waals surface area (Å²) in [5.41, 5.74) is 0. The minimum absolute atomic E-state index is 0.0849. The molecule has 0 amide bonds. The highest BCUT2D eigenvalue weighted by Gasteiger charge is 2.30. The van der Waals surface area contributed by atoms with Crippen LogP contribution >= 0.6 is 15.6 Å². The number of carbonyl (C=O) groups is 4. The van der Waals surface area contributed by atoms with E-state index >= 15 is 0 Å². The van der Waals surface area contributed by atoms with Gasteiger partial charge in [0.1, 0.15) is 19.3 Å². The predicted octanol–water partition coefficient (Wildman–Crippen LogP) is 22.3. The smallest absolute Gasteiger partial charge is 0.462 e. The van der Waals surface area contributed by atoms with E-state index in [4.69, 9.17) is 37.0 Å². The van der Waals surface area contributed by atoms with Crippen molar-refractivity contribution >= 4 is 39.5 Å². The molecule has 0 spiro atoms. The summed E-state index contributed by atoms with van der Waals surface area (Å²) >= 11 is 0. The van der Waals surface area contributed by atoms with E-state index in [1.807, 2.05) is 0 Å². The summed E-state index contributed by atoms with van der Waals surface area (Å²) in [4.78, 5) is 72.9. The van der Waals surface area contributed by atoms with Crippen molar-refractivity contribution in [3.05, 3.63) is 24.3 Å². The molecule has 0 aromatic rings. The molecule has 0 aliphatic carbocycles. The number of rotatable bonds is 74. The standard InChI is InChI=1S/C77H146O17P2/c1-7-11-13-15-17-19-21-23-24-26-28-37-43-49-55-61-76(81)93-72(66-88-75(80)60-54-48-42-36-31-29-33-39-45-51-57-69(5)9-3)67-91-95(83,84)89-63-71(78)64-90-96(85,86)92-68-73(65-87-74(79)59-53-47-41-35-27-25-22-20-18-16-14-12-8-2)94-77(82)62-56-50-44-38-32-30-34-40-46-52-58-70(6)10-4/h19,21,23-24,69-73,78H,7-18,20,22,25-68H2,1-6H3,(H,83,84)(H,85,86)/b21-19-,24-23-/t69?,70?,71-,72-,73-/m1/s1. The zero-order valence-corrected chi connectivity index (χ0v) is 63.9. The quantitative estimate of drug-likeness (QED) is 0.0169. The second-order valence-corrected chi connectivity index (χ2v) is 30.5. The van der Waals surface area contributed by atoms with Crippen LogP contribution in [0, 0.1) is 11.8 Å². The molecule has 0 saturated heterocycles. The van der Waals surface area contributed by atoms with Crippen LogP contribution in [0.2, 0.25) is 0 Å². The Kier molecular flexibility index (Phi) is 66.6. The molecular weight excluding hydrogens is 1260 g/mol. The highest BCUT2D eigenvalue weighted by Crippen LogP contribution is 2.45. The third kappa shape index (κ3) is 67.4. The molecule has 0 aliphatic rings. The summed E-state index contributed by atoms with van der Waals surface area (Å²) in [7, 11) is -9.93. The second-order valence-electron chi connectivity index (χ2n) is 27.5. The van der Waals surface area contributed by atoms with Crippen LogP contribution in [0.15, 0.2) is 24.3 Å². The van der Waals surface area contributed by atoms with Crippen molar-refractivity contribution in [2.24, 2.45) is 11.8 Å². The Morgan fingerprint density at radius 2 is 0.583 bits per heavy atom. The van der Waals surface area contributed by atoms with Crippen LogP contribution in [0.3, 0.4) is 0 Å². The molecule has 0 rings (SSSR count). The van der Waals surface area contributed by atoms with E-state index in [0.29, 0.717) is 25.7 Å². The molecule has 7 atom stereocenters. The number of aliphatic hydroxyl groups excluding tert-OH is 1. The average molecular weight is 1410 g/mol. The maximum Gasteiger partial charge on any atom is 0.472 e. The van der Waals surface area contributed by atoms with Crippen molar-refractivity contribution in [1.29, 1.82) is 0 Å². The Morgan fingerprint density at radius 3 is 0.885 bits per heavy atom. The largest absolute Gasteiger partial charge is 0.472 e. The molecule has 17 nitrogen and oxygen atoms in total. The normalized spacial score (nSPS) is 14.7. The molecule has 0 heterocycles. The molecule has 0 aromatic carbocycles. The molecule has 0 aromatic heterocycles. The zero-order chi connectivity index (χ0) is 70.7. The lowest BCUT2D eigenvalue weighted by Gasteiger charge is -2.21. The molecule has 0 radical (unpaired) electrons. The first-order valence-electron chi connectivity index (χ1n) is 39.4. The van der Waals surface area contributed by atoms with Gasteiger partial charge >= 0.3 is 39.5 Å². The van der Waals surface area contributed by atoms with Crippen LogP contribution < -0.4 is 0 Å². The van der Waals surface area contributed by atoms with E-state index in [0.717, 1.165) is 115 Å². The fraction of sp³-hybridized carbons (Fsp3) is 0.896. The van der Waals surface area contributed by atoms with Crippen molar-refractivity contribution in [3.63, 3.8) is 0 Å². The van der Waals surface area contributed by atoms with Crippen molar-refractivity contribution < 1.29 is 80.2 Å². The Balaban J connectivity index is 5.32. The summed E-state index contributed by atoms with van der Waals surface area (Å²) in [5, 5.41) is 10.6. The average Bonchev–Trinajstić information content (AvgIpc) is 2.15. The van der Waals surface area contributed by atoms with Crippen molar-refractivity contribution in [1.82, 2.24) is 0 Å². The fourth-order valence-corrected chi connectivity index (χ4v) is 12.8. The summed E-state index contributed by atoms with van der Waals surface area (Å²) in [6.07, 6.45) is 58.8. The summed E-state index contributed by atoms with van der Waals surface area (Å²) in [6, 6.07) is 0. The van der Waals surface area contributed by atoms with Gasteiger partial charge in [0.25, 0.3) is 0 Å². The number of unbranched alkanes of at least 4 members (excludes halogenated alkanes) is 39. The summed E-state index contributed by atoms with van der Waals surface area (Å²) in [6.45, 7) is 9.59. The lowest BCUT2D eigenvalue weighted by atomic mass is 9.99. The van der Waals surface area contributed by atoms with Crippen LogP contribution in [0.5, 0.6) is 0 Å². The minimum Gasteiger partial charge on any atom is -0.462 e. The van der Waals surface area contributed by atoms with Gasteiger partial charge < -0.3 is 33.8 Å². The van der Waals surface area contributed by atoms with Gasteiger partial charge in [0, 0.05) is 25.7 Å². The number of ether oxygens (including phenoxy) is 4. The van der Waals surface area contributed by atoms with Gasteiger partial charge in [0.2, 0.25) is 0 Å². The van der Waals surface area contributed by atoms with Gasteiger partial charge in [-0.15, -0.1) is 0 Å². The molecule has 3 N–H and O–H groups in total. The monoisotopic (exact) mass is 1410 g/mol. The molecule has 566 valence electrons. The topological polar surface area (TPSA) is 237 Å². The van der Waals surface area contributed by atoms with Crippen LogP contribution in [-0.2, 0) is 65.4 Å². The molecule has 0 aliphatic heterocycles. The number of phosphoric ester groups is 2. The summed E-state index contributed by atoms with van der Waals surface area (Å²) < 4.78 is 68.6. The number of phosphoric acid groups is 2. The lowest BCUT2D eigenvalue weighted by Crippen LogP contribution is -2.30. The Bertz CT molecular complexity index is 1950. The van der Waals surface area contributed by atoms with Crippen LogP contribution in [0.4, 0.5) is 0 Å². The van der Waals surface area contributed by atoms with Crippen molar-refractivity contribution in [3.8, 4) is 0 Å². The van der Waals surface area contributed by atoms with Gasteiger partial charge in [-0.1, -0.05) is 323 Å². The number of carbonyl (C=O) groups excluding carboxylic acids is 4. The molecule has 0 saturated carbocycles. The van der Waals surface area contributed by atoms with E-state index in [1.54, 1.807) is 0 Å². The van der Waals surface area contributed by atoms with Crippen LogP contribution in [-0.4, -0.2) is 96.7 Å². The van der Waals surface area contributed by atoms with Gasteiger partial charge in [0.05, 0.1) is 26.4 Å². The van der Waals surface area contributed by atoms with Crippen molar-refractivity contribution in [2.45, 2.75) is 394 Å². The summed E-state index contributed by atoms with van der Waals surface area (Å²) in [5.74, 6) is -0.535. The minimum atomic E-state index is -4.97. The number of hydrogen-bond donors (Lipinski definition) is 3. The molecule has 0 bridgehead atoms. The first-order valence-corrected chi connectivity index (χ1v) is 42.4. The molecule has 0 fully saturated rings. The van der Waals surface area contributed by atoms with Gasteiger partial charge in [-0.25, -0.2) is 9.13 Å². The van der Waals surface area contributed by atoms with E-state index in [-0.39, 0.29) is 25.7 Å². The molecular formula is C77H146O17P2. The molecule has 4 unspecified atom stereocenters. The highest BCUT2D eigenvalue weighted by atomic mass is 31.2. The highest BCUT2D eigenvalue weighted by molar-refractivity contribution is 7.47. The van der Waals surface area contributed by atoms with Crippen molar-refractivity contribution in [2.75, 3.05) is 39.6 Å². The van der Waals surface area contributed by atoms with E-state index in [2.05, 4.69) is 65.8 Å².